The van der Waals surface area contributed by atoms with Crippen molar-refractivity contribution < 1.29 is 14.3 Å². The third kappa shape index (κ3) is 4.58. The van der Waals surface area contributed by atoms with Crippen LogP contribution in [-0.4, -0.2) is 18.4 Å². The minimum atomic E-state index is -0.477. The van der Waals surface area contributed by atoms with Crippen molar-refractivity contribution >= 4 is 11.8 Å². The standard InChI is InChI=1S/C17H15N3O3/c1-12-4-2-3-5-15(12)23-11-16(21)19-20-17(22)14-8-6-13(10-18)7-9-14/h2-9H,11H2,1H3,(H,19,21)(H,20,22). The monoisotopic (exact) mass is 309 g/mol. The summed E-state index contributed by atoms with van der Waals surface area (Å²) < 4.78 is 5.37. The van der Waals surface area contributed by atoms with E-state index in [0.717, 1.165) is 5.56 Å². The van der Waals surface area contributed by atoms with Crippen molar-refractivity contribution in [3.8, 4) is 11.8 Å². The highest BCUT2D eigenvalue weighted by atomic mass is 16.5. The van der Waals surface area contributed by atoms with E-state index < -0.39 is 11.8 Å². The molecular formula is C17H15N3O3. The van der Waals surface area contributed by atoms with E-state index in [-0.39, 0.29) is 6.61 Å². The van der Waals surface area contributed by atoms with E-state index in [1.807, 2.05) is 31.2 Å². The summed E-state index contributed by atoms with van der Waals surface area (Å²) in [5.41, 5.74) is 6.27. The lowest BCUT2D eigenvalue weighted by atomic mass is 10.1. The molecule has 0 atom stereocenters. The predicted molar refractivity (Wildman–Crippen MR) is 83.4 cm³/mol. The zero-order valence-electron chi connectivity index (χ0n) is 12.5. The van der Waals surface area contributed by atoms with Gasteiger partial charge in [-0.05, 0) is 42.8 Å². The summed E-state index contributed by atoms with van der Waals surface area (Å²) in [6.07, 6.45) is 0. The van der Waals surface area contributed by atoms with Crippen molar-refractivity contribution in [2.24, 2.45) is 0 Å². The van der Waals surface area contributed by atoms with Crippen LogP contribution in [-0.2, 0) is 4.79 Å². The number of benzene rings is 2. The average Bonchev–Trinajstić information content (AvgIpc) is 2.59. The van der Waals surface area contributed by atoms with E-state index in [0.29, 0.717) is 16.9 Å². The number of aryl methyl sites for hydroxylation is 1. The predicted octanol–water partition coefficient (Wildman–Crippen LogP) is 1.71. The first kappa shape index (κ1) is 16.0. The number of nitrogens with zero attached hydrogens (tertiary/aromatic N) is 1. The number of amides is 2. The van der Waals surface area contributed by atoms with E-state index in [1.54, 1.807) is 6.07 Å². The SMILES string of the molecule is Cc1ccccc1OCC(=O)NNC(=O)c1ccc(C#N)cc1. The van der Waals surface area contributed by atoms with Crippen molar-refractivity contribution in [3.63, 3.8) is 0 Å². The molecule has 0 heterocycles. The van der Waals surface area contributed by atoms with Crippen LogP contribution < -0.4 is 15.6 Å². The summed E-state index contributed by atoms with van der Waals surface area (Å²) in [7, 11) is 0. The molecule has 0 saturated carbocycles. The molecular weight excluding hydrogens is 294 g/mol. The van der Waals surface area contributed by atoms with Gasteiger partial charge in [0.05, 0.1) is 11.6 Å². The molecule has 2 amide bonds. The fourth-order valence-corrected chi connectivity index (χ4v) is 1.79. The van der Waals surface area contributed by atoms with Crippen LogP contribution in [0.25, 0.3) is 0 Å². The van der Waals surface area contributed by atoms with E-state index in [2.05, 4.69) is 10.9 Å². The lowest BCUT2D eigenvalue weighted by Crippen LogP contribution is -2.43. The molecule has 0 aliphatic heterocycles. The lowest BCUT2D eigenvalue weighted by molar-refractivity contribution is -0.123. The number of nitriles is 1. The molecule has 0 bridgehead atoms. The normalized spacial score (nSPS) is 9.57. The summed E-state index contributed by atoms with van der Waals surface area (Å²) in [5, 5.41) is 8.69. The second kappa shape index (κ2) is 7.61. The van der Waals surface area contributed by atoms with Crippen LogP contribution >= 0.6 is 0 Å². The van der Waals surface area contributed by atoms with Crippen LogP contribution in [0.2, 0.25) is 0 Å². The summed E-state index contributed by atoms with van der Waals surface area (Å²) in [4.78, 5) is 23.5. The van der Waals surface area contributed by atoms with Crippen LogP contribution in [0, 0.1) is 18.3 Å². The van der Waals surface area contributed by atoms with Gasteiger partial charge in [-0.15, -0.1) is 0 Å². The molecule has 2 aromatic rings. The summed E-state index contributed by atoms with van der Waals surface area (Å²) >= 11 is 0. The van der Waals surface area contributed by atoms with Crippen molar-refractivity contribution in [1.29, 1.82) is 5.26 Å². The minimum absolute atomic E-state index is 0.210. The number of rotatable bonds is 4. The van der Waals surface area contributed by atoms with Gasteiger partial charge >= 0.3 is 0 Å². The molecule has 6 heteroatoms. The van der Waals surface area contributed by atoms with Gasteiger partial charge in [-0.25, -0.2) is 0 Å². The minimum Gasteiger partial charge on any atom is -0.483 e. The molecule has 0 aromatic heterocycles. The molecule has 6 nitrogen and oxygen atoms in total. The number of hydrogen-bond donors (Lipinski definition) is 2. The Hall–Kier alpha value is -3.33. The Bertz CT molecular complexity index is 748. The summed E-state index contributed by atoms with van der Waals surface area (Å²) in [6, 6.07) is 15.3. The topological polar surface area (TPSA) is 91.2 Å². The zero-order chi connectivity index (χ0) is 16.7. The first-order valence-electron chi connectivity index (χ1n) is 6.88. The van der Waals surface area contributed by atoms with E-state index in [4.69, 9.17) is 10.00 Å². The van der Waals surface area contributed by atoms with Gasteiger partial charge in [0.1, 0.15) is 5.75 Å². The Kier molecular flexibility index (Phi) is 5.31. The number of carbonyl (C=O) groups is 2. The molecule has 23 heavy (non-hydrogen) atoms. The molecule has 0 aliphatic rings. The summed E-state index contributed by atoms with van der Waals surface area (Å²) in [6.45, 7) is 1.67. The maximum absolute atomic E-state index is 11.8. The molecule has 0 spiro atoms. The van der Waals surface area contributed by atoms with E-state index in [1.165, 1.54) is 24.3 Å². The first-order valence-corrected chi connectivity index (χ1v) is 6.88. The smallest absolute Gasteiger partial charge is 0.276 e. The van der Waals surface area contributed by atoms with Gasteiger partial charge in [0.2, 0.25) is 0 Å². The quantitative estimate of drug-likeness (QED) is 0.841. The fraction of sp³-hybridized carbons (Fsp3) is 0.118. The van der Waals surface area contributed by atoms with Gasteiger partial charge in [0.25, 0.3) is 11.8 Å². The average molecular weight is 309 g/mol. The van der Waals surface area contributed by atoms with Gasteiger partial charge in [-0.3, -0.25) is 20.4 Å². The Balaban J connectivity index is 1.80. The molecule has 0 radical (unpaired) electrons. The van der Waals surface area contributed by atoms with Crippen LogP contribution in [0.1, 0.15) is 21.5 Å². The number of nitrogens with one attached hydrogen (secondary N) is 2. The van der Waals surface area contributed by atoms with Crippen LogP contribution in [0.15, 0.2) is 48.5 Å². The summed E-state index contributed by atoms with van der Waals surface area (Å²) in [5.74, 6) is -0.338. The first-order chi connectivity index (χ1) is 11.1. The van der Waals surface area contributed by atoms with Crippen LogP contribution in [0.3, 0.4) is 0 Å². The number of hydrogen-bond acceptors (Lipinski definition) is 4. The molecule has 0 aliphatic carbocycles. The Labute approximate surface area is 133 Å². The molecule has 2 N–H and O–H groups in total. The van der Waals surface area contributed by atoms with Crippen LogP contribution in [0.5, 0.6) is 5.75 Å². The van der Waals surface area contributed by atoms with Gasteiger partial charge in [0.15, 0.2) is 6.61 Å². The van der Waals surface area contributed by atoms with Gasteiger partial charge < -0.3 is 4.74 Å². The van der Waals surface area contributed by atoms with Crippen molar-refractivity contribution in [2.75, 3.05) is 6.61 Å². The zero-order valence-corrected chi connectivity index (χ0v) is 12.5. The number of carbonyl (C=O) groups excluding carboxylic acids is 2. The highest BCUT2D eigenvalue weighted by Gasteiger charge is 2.08. The van der Waals surface area contributed by atoms with Crippen LogP contribution in [0.4, 0.5) is 0 Å². The third-order valence-electron chi connectivity index (χ3n) is 3.04. The number of hydrazine groups is 1. The molecule has 0 saturated heterocycles. The molecule has 0 fully saturated rings. The lowest BCUT2D eigenvalue weighted by Gasteiger charge is -2.10. The fourth-order valence-electron chi connectivity index (χ4n) is 1.79. The Morgan fingerprint density at radius 2 is 1.78 bits per heavy atom. The highest BCUT2D eigenvalue weighted by molar-refractivity contribution is 5.95. The maximum Gasteiger partial charge on any atom is 0.276 e. The van der Waals surface area contributed by atoms with Crippen molar-refractivity contribution in [2.45, 2.75) is 6.92 Å². The van der Waals surface area contributed by atoms with Gasteiger partial charge in [-0.1, -0.05) is 18.2 Å². The largest absolute Gasteiger partial charge is 0.483 e. The van der Waals surface area contributed by atoms with E-state index >= 15 is 0 Å². The Morgan fingerprint density at radius 1 is 1.09 bits per heavy atom. The highest BCUT2D eigenvalue weighted by Crippen LogP contribution is 2.15. The van der Waals surface area contributed by atoms with E-state index in [9.17, 15) is 9.59 Å². The third-order valence-corrected chi connectivity index (χ3v) is 3.04. The number of ether oxygens (including phenoxy) is 1. The molecule has 2 rings (SSSR count). The van der Waals surface area contributed by atoms with Gasteiger partial charge in [-0.2, -0.15) is 5.26 Å². The Morgan fingerprint density at radius 3 is 2.43 bits per heavy atom. The maximum atomic E-state index is 11.8. The van der Waals surface area contributed by atoms with Gasteiger partial charge in [0, 0.05) is 5.56 Å². The van der Waals surface area contributed by atoms with Crippen molar-refractivity contribution in [1.82, 2.24) is 10.9 Å². The van der Waals surface area contributed by atoms with Crippen molar-refractivity contribution in [3.05, 3.63) is 65.2 Å². The molecule has 2 aromatic carbocycles. The number of para-hydroxylation sites is 1. The second-order valence-corrected chi connectivity index (χ2v) is 4.75. The molecule has 116 valence electrons. The molecule has 0 unspecified atom stereocenters. The second-order valence-electron chi connectivity index (χ2n) is 4.75.